The summed E-state index contributed by atoms with van der Waals surface area (Å²) < 4.78 is 5.23. The molecule has 0 saturated heterocycles. The molecular weight excluding hydrogens is 218 g/mol. The number of nitrogens with two attached hydrogens (primary N) is 1. The monoisotopic (exact) mass is 237 g/mol. The summed E-state index contributed by atoms with van der Waals surface area (Å²) in [7, 11) is 1.65. The average Bonchev–Trinajstić information content (AvgIpc) is 2.35. The van der Waals surface area contributed by atoms with Crippen molar-refractivity contribution in [3.63, 3.8) is 0 Å². The number of carboxylic acid groups (broad SMARTS) is 1. The van der Waals surface area contributed by atoms with Crippen molar-refractivity contribution in [2.75, 3.05) is 7.11 Å². The van der Waals surface area contributed by atoms with Crippen molar-refractivity contribution in [1.82, 2.24) is 0 Å². The van der Waals surface area contributed by atoms with E-state index in [1.807, 2.05) is 31.2 Å². The number of aliphatic carboxylic acids is 1. The Kier molecular flexibility index (Phi) is 5.12. The Hall–Kier alpha value is -1.39. The SMILES string of the molecule is COC(C)c1cccc(C(N)CCC(=O)O)c1. The van der Waals surface area contributed by atoms with E-state index < -0.39 is 5.97 Å². The lowest BCUT2D eigenvalue weighted by molar-refractivity contribution is -0.137. The molecule has 2 atom stereocenters. The molecule has 1 aromatic carbocycles. The van der Waals surface area contributed by atoms with Gasteiger partial charge in [0.1, 0.15) is 0 Å². The predicted molar refractivity (Wildman–Crippen MR) is 65.7 cm³/mol. The van der Waals surface area contributed by atoms with Crippen LogP contribution in [0, 0.1) is 0 Å². The van der Waals surface area contributed by atoms with Gasteiger partial charge in [-0.1, -0.05) is 24.3 Å². The Bertz CT molecular complexity index is 379. The number of carbonyl (C=O) groups is 1. The van der Waals surface area contributed by atoms with Crippen molar-refractivity contribution in [3.05, 3.63) is 35.4 Å². The standard InChI is InChI=1S/C13H19NO3/c1-9(17-2)10-4-3-5-11(8-10)12(14)6-7-13(15)16/h3-5,8-9,12H,6-7,14H2,1-2H3,(H,15,16). The zero-order chi connectivity index (χ0) is 12.8. The molecular formula is C13H19NO3. The minimum Gasteiger partial charge on any atom is -0.481 e. The van der Waals surface area contributed by atoms with Crippen LogP contribution in [0.2, 0.25) is 0 Å². The summed E-state index contributed by atoms with van der Waals surface area (Å²) in [6, 6.07) is 7.54. The molecule has 4 heteroatoms. The van der Waals surface area contributed by atoms with Gasteiger partial charge in [-0.25, -0.2) is 0 Å². The Balaban J connectivity index is 2.73. The molecule has 94 valence electrons. The van der Waals surface area contributed by atoms with Crippen LogP contribution in [-0.4, -0.2) is 18.2 Å². The van der Waals surface area contributed by atoms with E-state index in [9.17, 15) is 4.79 Å². The Morgan fingerprint density at radius 2 is 2.12 bits per heavy atom. The first kappa shape index (κ1) is 13.7. The molecule has 0 spiro atoms. The maximum Gasteiger partial charge on any atom is 0.303 e. The van der Waals surface area contributed by atoms with Gasteiger partial charge in [0.05, 0.1) is 6.10 Å². The Morgan fingerprint density at radius 1 is 1.47 bits per heavy atom. The van der Waals surface area contributed by atoms with Gasteiger partial charge in [0.2, 0.25) is 0 Å². The van der Waals surface area contributed by atoms with Crippen LogP contribution in [0.4, 0.5) is 0 Å². The lowest BCUT2D eigenvalue weighted by atomic mass is 9.99. The number of hydrogen-bond acceptors (Lipinski definition) is 3. The van der Waals surface area contributed by atoms with E-state index in [1.165, 1.54) is 0 Å². The van der Waals surface area contributed by atoms with Crippen LogP contribution < -0.4 is 5.73 Å². The molecule has 0 aliphatic carbocycles. The van der Waals surface area contributed by atoms with E-state index in [-0.39, 0.29) is 18.6 Å². The molecule has 2 unspecified atom stereocenters. The van der Waals surface area contributed by atoms with Crippen LogP contribution in [0.5, 0.6) is 0 Å². The minimum atomic E-state index is -0.818. The average molecular weight is 237 g/mol. The highest BCUT2D eigenvalue weighted by Gasteiger charge is 2.10. The highest BCUT2D eigenvalue weighted by atomic mass is 16.5. The quantitative estimate of drug-likeness (QED) is 0.796. The molecule has 0 amide bonds. The third-order valence-corrected chi connectivity index (χ3v) is 2.83. The van der Waals surface area contributed by atoms with Gasteiger partial charge in [-0.3, -0.25) is 4.79 Å². The van der Waals surface area contributed by atoms with Crippen molar-refractivity contribution in [1.29, 1.82) is 0 Å². The molecule has 3 N–H and O–H groups in total. The minimum absolute atomic E-state index is 0.0154. The molecule has 0 radical (unpaired) electrons. The normalized spacial score (nSPS) is 14.3. The van der Waals surface area contributed by atoms with Crippen molar-refractivity contribution < 1.29 is 14.6 Å². The summed E-state index contributed by atoms with van der Waals surface area (Å²) >= 11 is 0. The molecule has 0 heterocycles. The van der Waals surface area contributed by atoms with E-state index in [4.69, 9.17) is 15.6 Å². The number of carboxylic acids is 1. The highest BCUT2D eigenvalue weighted by molar-refractivity contribution is 5.66. The zero-order valence-electron chi connectivity index (χ0n) is 10.2. The first-order valence-corrected chi connectivity index (χ1v) is 5.64. The number of hydrogen-bond donors (Lipinski definition) is 2. The summed E-state index contributed by atoms with van der Waals surface area (Å²) in [4.78, 5) is 10.5. The van der Waals surface area contributed by atoms with E-state index >= 15 is 0 Å². The molecule has 0 fully saturated rings. The van der Waals surface area contributed by atoms with Gasteiger partial charge >= 0.3 is 5.97 Å². The number of ether oxygens (including phenoxy) is 1. The molecule has 0 saturated carbocycles. The van der Waals surface area contributed by atoms with E-state index in [0.29, 0.717) is 6.42 Å². The second-order valence-corrected chi connectivity index (χ2v) is 4.09. The van der Waals surface area contributed by atoms with Gasteiger partial charge in [0.25, 0.3) is 0 Å². The van der Waals surface area contributed by atoms with Crippen LogP contribution in [0.1, 0.15) is 43.0 Å². The second kappa shape index (κ2) is 6.37. The first-order valence-electron chi connectivity index (χ1n) is 5.64. The van der Waals surface area contributed by atoms with Crippen molar-refractivity contribution in [3.8, 4) is 0 Å². The van der Waals surface area contributed by atoms with E-state index in [1.54, 1.807) is 7.11 Å². The second-order valence-electron chi connectivity index (χ2n) is 4.09. The highest BCUT2D eigenvalue weighted by Crippen LogP contribution is 2.22. The molecule has 0 aliphatic rings. The molecule has 17 heavy (non-hydrogen) atoms. The van der Waals surface area contributed by atoms with Gasteiger partial charge in [-0.2, -0.15) is 0 Å². The summed E-state index contributed by atoms with van der Waals surface area (Å²) in [6.07, 6.45) is 0.549. The molecule has 0 aromatic heterocycles. The number of methoxy groups -OCH3 is 1. The molecule has 4 nitrogen and oxygen atoms in total. The zero-order valence-corrected chi connectivity index (χ0v) is 10.2. The van der Waals surface area contributed by atoms with Gasteiger partial charge in [0.15, 0.2) is 0 Å². The number of rotatable bonds is 6. The molecule has 0 bridgehead atoms. The molecule has 1 rings (SSSR count). The van der Waals surface area contributed by atoms with Crippen LogP contribution in [0.25, 0.3) is 0 Å². The Labute approximate surface area is 101 Å². The molecule has 0 aliphatic heterocycles. The van der Waals surface area contributed by atoms with Crippen LogP contribution in [-0.2, 0) is 9.53 Å². The van der Waals surface area contributed by atoms with Gasteiger partial charge in [-0.05, 0) is 24.5 Å². The summed E-state index contributed by atoms with van der Waals surface area (Å²) in [6.45, 7) is 1.96. The fourth-order valence-electron chi connectivity index (χ4n) is 1.62. The van der Waals surface area contributed by atoms with Crippen LogP contribution in [0.3, 0.4) is 0 Å². The van der Waals surface area contributed by atoms with Crippen LogP contribution in [0.15, 0.2) is 24.3 Å². The van der Waals surface area contributed by atoms with Crippen molar-refractivity contribution >= 4 is 5.97 Å². The first-order chi connectivity index (χ1) is 8.04. The third kappa shape index (κ3) is 4.17. The smallest absolute Gasteiger partial charge is 0.303 e. The topological polar surface area (TPSA) is 72.5 Å². The fourth-order valence-corrected chi connectivity index (χ4v) is 1.62. The predicted octanol–water partition coefficient (Wildman–Crippen LogP) is 2.26. The van der Waals surface area contributed by atoms with Crippen molar-refractivity contribution in [2.24, 2.45) is 5.73 Å². The lowest BCUT2D eigenvalue weighted by Gasteiger charge is -2.15. The maximum atomic E-state index is 10.5. The largest absolute Gasteiger partial charge is 0.481 e. The summed E-state index contributed by atoms with van der Waals surface area (Å²) in [5, 5.41) is 8.61. The van der Waals surface area contributed by atoms with Crippen LogP contribution >= 0.6 is 0 Å². The van der Waals surface area contributed by atoms with E-state index in [0.717, 1.165) is 11.1 Å². The Morgan fingerprint density at radius 3 is 2.71 bits per heavy atom. The lowest BCUT2D eigenvalue weighted by Crippen LogP contribution is -2.12. The third-order valence-electron chi connectivity index (χ3n) is 2.83. The van der Waals surface area contributed by atoms with Gasteiger partial charge < -0.3 is 15.6 Å². The van der Waals surface area contributed by atoms with Crippen molar-refractivity contribution in [2.45, 2.75) is 31.9 Å². The van der Waals surface area contributed by atoms with Gasteiger partial charge in [-0.15, -0.1) is 0 Å². The summed E-state index contributed by atoms with van der Waals surface area (Å²) in [5.41, 5.74) is 7.95. The number of benzene rings is 1. The molecule has 1 aromatic rings. The van der Waals surface area contributed by atoms with Gasteiger partial charge in [0, 0.05) is 19.6 Å². The fraction of sp³-hybridized carbons (Fsp3) is 0.462. The maximum absolute atomic E-state index is 10.5. The van der Waals surface area contributed by atoms with E-state index in [2.05, 4.69) is 0 Å². The summed E-state index contributed by atoms with van der Waals surface area (Å²) in [5.74, 6) is -0.818.